The lowest BCUT2D eigenvalue weighted by molar-refractivity contribution is -0.160. The Labute approximate surface area is 69.3 Å². The minimum absolute atomic E-state index is 0. The van der Waals surface area contributed by atoms with E-state index in [1.165, 1.54) is 0 Å². The lowest BCUT2D eigenvalue weighted by Crippen LogP contribution is -2.18. The van der Waals surface area contributed by atoms with Crippen LogP contribution in [0.2, 0.25) is 0 Å². The SMILES string of the molecule is CCOC1(OCC)CC1.S. The number of rotatable bonds is 4. The lowest BCUT2D eigenvalue weighted by atomic mass is 10.6. The van der Waals surface area contributed by atoms with Crippen molar-refractivity contribution in [2.45, 2.75) is 32.5 Å². The third-order valence-electron chi connectivity index (χ3n) is 1.47. The Morgan fingerprint density at radius 3 is 1.70 bits per heavy atom. The van der Waals surface area contributed by atoms with Crippen LogP contribution in [-0.4, -0.2) is 19.0 Å². The van der Waals surface area contributed by atoms with Gasteiger partial charge in [-0.3, -0.25) is 0 Å². The van der Waals surface area contributed by atoms with Crippen LogP contribution in [0.3, 0.4) is 0 Å². The molecule has 2 nitrogen and oxygen atoms in total. The molecule has 0 bridgehead atoms. The highest BCUT2D eigenvalue weighted by Crippen LogP contribution is 2.40. The molecule has 0 saturated heterocycles. The third-order valence-corrected chi connectivity index (χ3v) is 1.47. The molecule has 1 aliphatic rings. The van der Waals surface area contributed by atoms with E-state index in [0.29, 0.717) is 0 Å². The normalized spacial score (nSPS) is 19.8. The van der Waals surface area contributed by atoms with Crippen LogP contribution >= 0.6 is 13.5 Å². The van der Waals surface area contributed by atoms with Crippen molar-refractivity contribution in [3.63, 3.8) is 0 Å². The fourth-order valence-electron chi connectivity index (χ4n) is 0.959. The van der Waals surface area contributed by atoms with Crippen LogP contribution in [0.1, 0.15) is 26.7 Å². The van der Waals surface area contributed by atoms with Gasteiger partial charge < -0.3 is 9.47 Å². The second-order valence-electron chi connectivity index (χ2n) is 2.28. The Morgan fingerprint density at radius 1 is 1.10 bits per heavy atom. The van der Waals surface area contributed by atoms with E-state index >= 15 is 0 Å². The minimum Gasteiger partial charge on any atom is -0.350 e. The lowest BCUT2D eigenvalue weighted by Gasteiger charge is -2.13. The van der Waals surface area contributed by atoms with Crippen molar-refractivity contribution in [1.29, 1.82) is 0 Å². The molecular formula is C7H16O2S. The summed E-state index contributed by atoms with van der Waals surface area (Å²) in [5.41, 5.74) is 0. The summed E-state index contributed by atoms with van der Waals surface area (Å²) in [4.78, 5) is 0. The molecule has 3 heteroatoms. The second-order valence-corrected chi connectivity index (χ2v) is 2.28. The van der Waals surface area contributed by atoms with E-state index in [4.69, 9.17) is 9.47 Å². The highest BCUT2D eigenvalue weighted by Gasteiger charge is 2.44. The molecule has 1 fully saturated rings. The minimum atomic E-state index is -0.149. The average molecular weight is 164 g/mol. The van der Waals surface area contributed by atoms with Gasteiger partial charge in [-0.2, -0.15) is 13.5 Å². The van der Waals surface area contributed by atoms with Gasteiger partial charge in [0.2, 0.25) is 0 Å². The van der Waals surface area contributed by atoms with Crippen LogP contribution in [0, 0.1) is 0 Å². The Kier molecular flexibility index (Phi) is 4.32. The van der Waals surface area contributed by atoms with Crippen LogP contribution in [0.4, 0.5) is 0 Å². The standard InChI is InChI=1S/C7H14O2.H2S/c1-3-8-7(5-6-7)9-4-2;/h3-6H2,1-2H3;1H2. The van der Waals surface area contributed by atoms with Gasteiger partial charge in [0.25, 0.3) is 0 Å². The molecule has 0 N–H and O–H groups in total. The van der Waals surface area contributed by atoms with E-state index in [-0.39, 0.29) is 19.3 Å². The van der Waals surface area contributed by atoms with E-state index in [9.17, 15) is 0 Å². The molecule has 0 atom stereocenters. The van der Waals surface area contributed by atoms with Crippen molar-refractivity contribution in [3.05, 3.63) is 0 Å². The van der Waals surface area contributed by atoms with Gasteiger partial charge in [-0.25, -0.2) is 0 Å². The summed E-state index contributed by atoms with van der Waals surface area (Å²) in [5, 5.41) is 0. The van der Waals surface area contributed by atoms with Gasteiger partial charge in [-0.05, 0) is 13.8 Å². The van der Waals surface area contributed by atoms with Crippen molar-refractivity contribution in [2.75, 3.05) is 13.2 Å². The topological polar surface area (TPSA) is 18.5 Å². The molecule has 0 spiro atoms. The smallest absolute Gasteiger partial charge is 0.168 e. The first kappa shape index (κ1) is 10.3. The molecule has 0 aromatic carbocycles. The van der Waals surface area contributed by atoms with Gasteiger partial charge in [-0.15, -0.1) is 0 Å². The molecule has 62 valence electrons. The highest BCUT2D eigenvalue weighted by molar-refractivity contribution is 7.59. The maximum absolute atomic E-state index is 5.36. The van der Waals surface area contributed by atoms with E-state index in [0.717, 1.165) is 26.1 Å². The van der Waals surface area contributed by atoms with Crippen molar-refractivity contribution in [3.8, 4) is 0 Å². The quantitative estimate of drug-likeness (QED) is 0.588. The van der Waals surface area contributed by atoms with Gasteiger partial charge in [0, 0.05) is 26.1 Å². The van der Waals surface area contributed by atoms with Crippen LogP contribution < -0.4 is 0 Å². The number of ether oxygens (including phenoxy) is 2. The van der Waals surface area contributed by atoms with Gasteiger partial charge in [-0.1, -0.05) is 0 Å². The summed E-state index contributed by atoms with van der Waals surface area (Å²) < 4.78 is 10.7. The van der Waals surface area contributed by atoms with Crippen molar-refractivity contribution >= 4 is 13.5 Å². The fraction of sp³-hybridized carbons (Fsp3) is 1.00. The van der Waals surface area contributed by atoms with E-state index < -0.39 is 0 Å². The molecule has 0 aromatic heterocycles. The molecule has 1 aliphatic carbocycles. The maximum Gasteiger partial charge on any atom is 0.168 e. The first-order valence-electron chi connectivity index (χ1n) is 3.61. The van der Waals surface area contributed by atoms with Crippen molar-refractivity contribution in [2.24, 2.45) is 0 Å². The molecule has 1 rings (SSSR count). The molecule has 10 heavy (non-hydrogen) atoms. The third kappa shape index (κ3) is 2.48. The van der Waals surface area contributed by atoms with E-state index in [2.05, 4.69) is 0 Å². The molecule has 0 heterocycles. The molecule has 1 saturated carbocycles. The van der Waals surface area contributed by atoms with Crippen LogP contribution in [0.15, 0.2) is 0 Å². The maximum atomic E-state index is 5.36. The number of hydrogen-bond donors (Lipinski definition) is 0. The predicted molar refractivity (Wildman–Crippen MR) is 45.6 cm³/mol. The van der Waals surface area contributed by atoms with E-state index in [1.807, 2.05) is 13.8 Å². The van der Waals surface area contributed by atoms with Gasteiger partial charge in [0.15, 0.2) is 5.79 Å². The largest absolute Gasteiger partial charge is 0.350 e. The zero-order chi connectivity index (χ0) is 6.74. The first-order chi connectivity index (χ1) is 4.33. The van der Waals surface area contributed by atoms with Gasteiger partial charge in [0.05, 0.1) is 0 Å². The number of hydrogen-bond acceptors (Lipinski definition) is 2. The Morgan fingerprint density at radius 2 is 1.50 bits per heavy atom. The van der Waals surface area contributed by atoms with Crippen molar-refractivity contribution in [1.82, 2.24) is 0 Å². The summed E-state index contributed by atoms with van der Waals surface area (Å²) in [6, 6.07) is 0. The fourth-order valence-corrected chi connectivity index (χ4v) is 0.959. The summed E-state index contributed by atoms with van der Waals surface area (Å²) in [5.74, 6) is -0.149. The van der Waals surface area contributed by atoms with Gasteiger partial charge in [0.1, 0.15) is 0 Å². The molecular weight excluding hydrogens is 148 g/mol. The van der Waals surface area contributed by atoms with E-state index in [1.54, 1.807) is 0 Å². The predicted octanol–water partition coefficient (Wildman–Crippen LogP) is 1.66. The summed E-state index contributed by atoms with van der Waals surface area (Å²) in [6.07, 6.45) is 2.16. The second kappa shape index (κ2) is 4.21. The summed E-state index contributed by atoms with van der Waals surface area (Å²) in [6.45, 7) is 5.53. The van der Waals surface area contributed by atoms with Crippen LogP contribution in [-0.2, 0) is 9.47 Å². The Hall–Kier alpha value is 0.270. The zero-order valence-corrected chi connectivity index (χ0v) is 7.64. The monoisotopic (exact) mass is 164 g/mol. The summed E-state index contributed by atoms with van der Waals surface area (Å²) >= 11 is 0. The molecule has 0 aliphatic heterocycles. The molecule has 0 unspecified atom stereocenters. The Balaban J connectivity index is 0.000000810. The zero-order valence-electron chi connectivity index (χ0n) is 6.64. The first-order valence-corrected chi connectivity index (χ1v) is 3.61. The van der Waals surface area contributed by atoms with Crippen LogP contribution in [0.25, 0.3) is 0 Å². The average Bonchev–Trinajstić information content (AvgIpc) is 2.51. The van der Waals surface area contributed by atoms with Gasteiger partial charge >= 0.3 is 0 Å². The van der Waals surface area contributed by atoms with Crippen LogP contribution in [0.5, 0.6) is 0 Å². The highest BCUT2D eigenvalue weighted by atomic mass is 32.1. The Bertz CT molecular complexity index is 83.6. The van der Waals surface area contributed by atoms with Crippen molar-refractivity contribution < 1.29 is 9.47 Å². The molecule has 0 amide bonds. The molecule has 0 aromatic rings. The molecule has 0 radical (unpaired) electrons. The summed E-state index contributed by atoms with van der Waals surface area (Å²) in [7, 11) is 0.